The van der Waals surface area contributed by atoms with Crippen LogP contribution in [0.2, 0.25) is 0 Å². The summed E-state index contributed by atoms with van der Waals surface area (Å²) in [7, 11) is 8.14. The highest BCUT2D eigenvalue weighted by Crippen LogP contribution is 2.32. The van der Waals surface area contributed by atoms with E-state index in [9.17, 15) is 9.90 Å². The number of nitrogens with two attached hydrogens (primary N) is 1. The van der Waals surface area contributed by atoms with Gasteiger partial charge in [0.2, 0.25) is 0 Å². The van der Waals surface area contributed by atoms with Crippen molar-refractivity contribution in [2.24, 2.45) is 5.73 Å². The maximum absolute atomic E-state index is 11.2. The molecule has 0 unspecified atom stereocenters. The zero-order chi connectivity index (χ0) is 24.8. The molecule has 0 amide bonds. The first-order chi connectivity index (χ1) is 16.2. The van der Waals surface area contributed by atoms with Gasteiger partial charge in [-0.2, -0.15) is 0 Å². The molecule has 0 spiro atoms. The fourth-order valence-corrected chi connectivity index (χ4v) is 3.92. The molecule has 0 bridgehead atoms. The van der Waals surface area contributed by atoms with Crippen molar-refractivity contribution in [2.75, 3.05) is 51.1 Å². The maximum Gasteiger partial charge on any atom is 0.322 e. The van der Waals surface area contributed by atoms with Crippen molar-refractivity contribution in [3.63, 3.8) is 0 Å². The normalized spacial score (nSPS) is 13.6. The largest absolute Gasteiger partial charge is 0.480 e. The molecule has 6 heteroatoms. The molecule has 2 aromatic carbocycles. The molecule has 0 radical (unpaired) electrons. The first-order valence-corrected chi connectivity index (χ1v) is 11.5. The van der Waals surface area contributed by atoms with Crippen LogP contribution in [0.4, 0.5) is 11.4 Å². The Morgan fingerprint density at radius 1 is 0.912 bits per heavy atom. The topological polar surface area (TPSA) is 72.8 Å². The summed E-state index contributed by atoms with van der Waals surface area (Å²) in [5.74, 6) is -0.993. The smallest absolute Gasteiger partial charge is 0.322 e. The quantitative estimate of drug-likeness (QED) is 0.590. The lowest BCUT2D eigenvalue weighted by Gasteiger charge is -2.25. The maximum atomic E-state index is 11.2. The Hall–Kier alpha value is -3.64. The van der Waals surface area contributed by atoms with Crippen LogP contribution in [0.25, 0.3) is 5.57 Å². The number of aliphatic carboxylic acids is 1. The Kier molecular flexibility index (Phi) is 8.08. The molecule has 1 atom stereocenters. The van der Waals surface area contributed by atoms with E-state index in [1.807, 2.05) is 52.1 Å². The number of rotatable bonds is 8. The van der Waals surface area contributed by atoms with Crippen LogP contribution in [0.1, 0.15) is 18.1 Å². The molecule has 1 aliphatic carbocycles. The summed E-state index contributed by atoms with van der Waals surface area (Å²) in [5, 5.41) is 9.19. The molecular weight excluding hydrogens is 424 g/mol. The number of nitrogens with zero attached hydrogens (tertiary/aromatic N) is 3. The van der Waals surface area contributed by atoms with Crippen LogP contribution < -0.4 is 15.5 Å². The molecule has 0 aromatic heterocycles. The molecule has 0 fully saturated rings. The lowest BCUT2D eigenvalue weighted by molar-refractivity contribution is -0.462. The fourth-order valence-electron chi connectivity index (χ4n) is 3.92. The molecular formula is C28H35N4O2+. The summed E-state index contributed by atoms with van der Waals surface area (Å²) in [6.45, 7) is 2.94. The first kappa shape index (κ1) is 25.0. The standard InChI is InChI=1S/C28H34N4O2/c1-6-32(19-26(29)28(33)34)25-17-11-22(12-18-25)27(20-7-13-23(14-8-20)30(2)3)21-9-15-24(16-10-21)31(4)5/h7-18,26H,6,19,29H2,1-5H3/p+1/t26-/m1/s1. The van der Waals surface area contributed by atoms with Gasteiger partial charge in [-0.05, 0) is 65.6 Å². The summed E-state index contributed by atoms with van der Waals surface area (Å²) in [5.41, 5.74) is 13.5. The third-order valence-electron chi connectivity index (χ3n) is 5.98. The van der Waals surface area contributed by atoms with Crippen molar-refractivity contribution in [3.8, 4) is 0 Å². The van der Waals surface area contributed by atoms with E-state index in [-0.39, 0.29) is 6.54 Å². The van der Waals surface area contributed by atoms with Crippen LogP contribution in [-0.4, -0.2) is 68.7 Å². The minimum atomic E-state index is -0.993. The third kappa shape index (κ3) is 5.83. The average molecular weight is 460 g/mol. The molecule has 178 valence electrons. The lowest BCUT2D eigenvalue weighted by Crippen LogP contribution is -2.42. The van der Waals surface area contributed by atoms with E-state index in [1.165, 1.54) is 0 Å². The molecule has 0 heterocycles. The number of carbonyl (C=O) groups is 1. The number of anilines is 2. The van der Waals surface area contributed by atoms with Gasteiger partial charge in [0.25, 0.3) is 0 Å². The number of carboxylic acid groups (broad SMARTS) is 1. The summed E-state index contributed by atoms with van der Waals surface area (Å²) in [6, 6.07) is 15.9. The number of hydrogen-bond donors (Lipinski definition) is 2. The second-order valence-corrected chi connectivity index (χ2v) is 8.79. The number of likely N-dealkylation sites (N-methyl/N-ethyl adjacent to an activating group) is 1. The van der Waals surface area contributed by atoms with E-state index < -0.39 is 12.0 Å². The third-order valence-corrected chi connectivity index (χ3v) is 5.98. The predicted molar refractivity (Wildman–Crippen MR) is 142 cm³/mol. The predicted octanol–water partition coefficient (Wildman–Crippen LogP) is 3.63. The number of carboxylic acids is 1. The SMILES string of the molecule is CCN(C[C@@H](N)C(=O)O)c1ccc(C(=C2C=CC(=[N+](C)C)C=C2)c2ccc(N(C)C)cc2)cc1. The molecule has 0 saturated heterocycles. The van der Waals surface area contributed by atoms with Gasteiger partial charge in [-0.25, -0.2) is 4.58 Å². The Morgan fingerprint density at radius 3 is 1.82 bits per heavy atom. The fraction of sp³-hybridized carbons (Fsp3) is 0.286. The molecule has 0 aliphatic heterocycles. The Balaban J connectivity index is 2.03. The van der Waals surface area contributed by atoms with E-state index in [1.54, 1.807) is 0 Å². The molecule has 3 rings (SSSR count). The second-order valence-electron chi connectivity index (χ2n) is 8.79. The number of benzene rings is 2. The highest BCUT2D eigenvalue weighted by molar-refractivity contribution is 6.04. The van der Waals surface area contributed by atoms with Crippen LogP contribution in [0.15, 0.2) is 78.4 Å². The summed E-state index contributed by atoms with van der Waals surface area (Å²) < 4.78 is 2.09. The van der Waals surface area contributed by atoms with E-state index in [4.69, 9.17) is 5.73 Å². The van der Waals surface area contributed by atoms with Crippen LogP contribution in [-0.2, 0) is 4.79 Å². The monoisotopic (exact) mass is 459 g/mol. The van der Waals surface area contributed by atoms with Crippen LogP contribution in [0.3, 0.4) is 0 Å². The zero-order valence-electron chi connectivity index (χ0n) is 20.7. The van der Waals surface area contributed by atoms with Gasteiger partial charge in [-0.15, -0.1) is 0 Å². The van der Waals surface area contributed by atoms with Gasteiger partial charge >= 0.3 is 5.97 Å². The summed E-state index contributed by atoms with van der Waals surface area (Å²) in [6.07, 6.45) is 8.57. The van der Waals surface area contributed by atoms with Crippen LogP contribution >= 0.6 is 0 Å². The van der Waals surface area contributed by atoms with E-state index in [2.05, 4.69) is 70.2 Å². The van der Waals surface area contributed by atoms with E-state index in [0.717, 1.165) is 39.4 Å². The molecule has 34 heavy (non-hydrogen) atoms. The van der Waals surface area contributed by atoms with E-state index >= 15 is 0 Å². The van der Waals surface area contributed by atoms with Crippen molar-refractivity contribution in [3.05, 3.63) is 89.5 Å². The lowest BCUT2D eigenvalue weighted by atomic mass is 9.90. The molecule has 3 N–H and O–H groups in total. The Morgan fingerprint density at radius 2 is 1.41 bits per heavy atom. The zero-order valence-corrected chi connectivity index (χ0v) is 20.7. The van der Waals surface area contributed by atoms with Crippen molar-refractivity contribution in [2.45, 2.75) is 13.0 Å². The van der Waals surface area contributed by atoms with Gasteiger partial charge in [0.15, 0.2) is 5.71 Å². The van der Waals surface area contributed by atoms with Gasteiger partial charge in [-0.1, -0.05) is 24.3 Å². The van der Waals surface area contributed by atoms with Crippen LogP contribution in [0.5, 0.6) is 0 Å². The molecule has 0 saturated carbocycles. The van der Waals surface area contributed by atoms with Crippen molar-refractivity contribution >= 4 is 28.6 Å². The minimum Gasteiger partial charge on any atom is -0.480 e. The Bertz CT molecular complexity index is 1120. The molecule has 2 aromatic rings. The Labute approximate surface area is 202 Å². The average Bonchev–Trinajstić information content (AvgIpc) is 2.83. The molecule has 1 aliphatic rings. The number of allylic oxidation sites excluding steroid dienone is 5. The van der Waals surface area contributed by atoms with Crippen molar-refractivity contribution < 1.29 is 14.5 Å². The summed E-state index contributed by atoms with van der Waals surface area (Å²) >= 11 is 0. The molecule has 6 nitrogen and oxygen atoms in total. The highest BCUT2D eigenvalue weighted by atomic mass is 16.4. The second kappa shape index (κ2) is 11.0. The van der Waals surface area contributed by atoms with Gasteiger partial charge in [-0.3, -0.25) is 4.79 Å². The minimum absolute atomic E-state index is 0.264. The van der Waals surface area contributed by atoms with Gasteiger partial charge < -0.3 is 20.6 Å². The van der Waals surface area contributed by atoms with Gasteiger partial charge in [0.05, 0.1) is 0 Å². The highest BCUT2D eigenvalue weighted by Gasteiger charge is 2.17. The van der Waals surface area contributed by atoms with Crippen molar-refractivity contribution in [1.82, 2.24) is 0 Å². The summed E-state index contributed by atoms with van der Waals surface area (Å²) in [4.78, 5) is 15.3. The van der Waals surface area contributed by atoms with Crippen molar-refractivity contribution in [1.29, 1.82) is 0 Å². The van der Waals surface area contributed by atoms with Gasteiger partial charge in [0, 0.05) is 50.7 Å². The first-order valence-electron chi connectivity index (χ1n) is 11.5. The van der Waals surface area contributed by atoms with Crippen LogP contribution in [0, 0.1) is 0 Å². The number of hydrogen-bond acceptors (Lipinski definition) is 4. The van der Waals surface area contributed by atoms with E-state index in [0.29, 0.717) is 6.54 Å². The van der Waals surface area contributed by atoms with Gasteiger partial charge in [0.1, 0.15) is 20.1 Å².